The van der Waals surface area contributed by atoms with E-state index in [0.29, 0.717) is 23.6 Å². The lowest BCUT2D eigenvalue weighted by Crippen LogP contribution is -2.26. The van der Waals surface area contributed by atoms with Crippen molar-refractivity contribution in [2.24, 2.45) is 7.05 Å². The molecule has 0 atom stereocenters. The normalized spacial score (nSPS) is 10.3. The van der Waals surface area contributed by atoms with Gasteiger partial charge in [-0.15, -0.1) is 0 Å². The summed E-state index contributed by atoms with van der Waals surface area (Å²) in [6.45, 7) is 0.425. The van der Waals surface area contributed by atoms with Gasteiger partial charge in [0.15, 0.2) is 11.5 Å². The van der Waals surface area contributed by atoms with Crippen LogP contribution >= 0.6 is 0 Å². The van der Waals surface area contributed by atoms with E-state index >= 15 is 0 Å². The first-order valence-corrected chi connectivity index (χ1v) is 6.50. The van der Waals surface area contributed by atoms with Crippen LogP contribution in [0.25, 0.3) is 0 Å². The number of rotatable bonds is 5. The predicted molar refractivity (Wildman–Crippen MR) is 78.6 cm³/mol. The molecular formula is C15H19N3O3. The van der Waals surface area contributed by atoms with Crippen LogP contribution in [0.4, 0.5) is 0 Å². The summed E-state index contributed by atoms with van der Waals surface area (Å²) >= 11 is 0. The lowest BCUT2D eigenvalue weighted by atomic mass is 10.1. The van der Waals surface area contributed by atoms with Gasteiger partial charge in [-0.2, -0.15) is 5.10 Å². The van der Waals surface area contributed by atoms with Crippen molar-refractivity contribution in [1.82, 2.24) is 14.7 Å². The molecule has 0 aliphatic carbocycles. The van der Waals surface area contributed by atoms with Gasteiger partial charge >= 0.3 is 0 Å². The number of aromatic nitrogens is 2. The zero-order chi connectivity index (χ0) is 15.4. The molecule has 0 saturated heterocycles. The van der Waals surface area contributed by atoms with E-state index in [4.69, 9.17) is 9.47 Å². The minimum Gasteiger partial charge on any atom is -0.493 e. The molecule has 1 amide bonds. The fourth-order valence-corrected chi connectivity index (χ4v) is 2.16. The molecule has 0 spiro atoms. The van der Waals surface area contributed by atoms with Crippen molar-refractivity contribution in [3.8, 4) is 11.5 Å². The minimum absolute atomic E-state index is 0.0898. The van der Waals surface area contributed by atoms with E-state index in [0.717, 1.165) is 5.56 Å². The molecule has 2 aromatic rings. The topological polar surface area (TPSA) is 56.6 Å². The van der Waals surface area contributed by atoms with Crippen molar-refractivity contribution in [2.75, 3.05) is 21.3 Å². The van der Waals surface area contributed by atoms with Gasteiger partial charge in [-0.25, -0.2) is 0 Å². The highest BCUT2D eigenvalue weighted by molar-refractivity contribution is 5.93. The number of methoxy groups -OCH3 is 2. The summed E-state index contributed by atoms with van der Waals surface area (Å²) < 4.78 is 12.2. The van der Waals surface area contributed by atoms with Gasteiger partial charge in [-0.05, 0) is 6.07 Å². The van der Waals surface area contributed by atoms with E-state index in [2.05, 4.69) is 5.10 Å². The average Bonchev–Trinajstić information content (AvgIpc) is 2.92. The fraction of sp³-hybridized carbons (Fsp3) is 0.333. The number of ether oxygens (including phenoxy) is 2. The van der Waals surface area contributed by atoms with E-state index in [1.807, 2.05) is 18.2 Å². The van der Waals surface area contributed by atoms with Gasteiger partial charge in [0.05, 0.1) is 26.0 Å². The lowest BCUT2D eigenvalue weighted by Gasteiger charge is -2.19. The maximum absolute atomic E-state index is 12.3. The van der Waals surface area contributed by atoms with Crippen LogP contribution in [0.3, 0.4) is 0 Å². The maximum atomic E-state index is 12.3. The highest BCUT2D eigenvalue weighted by Gasteiger charge is 2.17. The van der Waals surface area contributed by atoms with E-state index in [9.17, 15) is 4.79 Å². The summed E-state index contributed by atoms with van der Waals surface area (Å²) in [7, 11) is 6.70. The van der Waals surface area contributed by atoms with Gasteiger partial charge in [0.2, 0.25) is 0 Å². The van der Waals surface area contributed by atoms with Gasteiger partial charge < -0.3 is 14.4 Å². The van der Waals surface area contributed by atoms with Crippen LogP contribution in [0.15, 0.2) is 30.6 Å². The van der Waals surface area contributed by atoms with Gasteiger partial charge in [0.25, 0.3) is 5.91 Å². The highest BCUT2D eigenvalue weighted by atomic mass is 16.5. The zero-order valence-corrected chi connectivity index (χ0v) is 12.7. The number of para-hydroxylation sites is 1. The van der Waals surface area contributed by atoms with Crippen LogP contribution in [0.5, 0.6) is 11.5 Å². The summed E-state index contributed by atoms with van der Waals surface area (Å²) in [5.74, 6) is 1.20. The van der Waals surface area contributed by atoms with Crippen LogP contribution in [0, 0.1) is 0 Å². The first kappa shape index (κ1) is 14.9. The van der Waals surface area contributed by atoms with Crippen molar-refractivity contribution in [1.29, 1.82) is 0 Å². The molecule has 0 unspecified atom stereocenters. The zero-order valence-electron chi connectivity index (χ0n) is 12.7. The van der Waals surface area contributed by atoms with Crippen molar-refractivity contribution < 1.29 is 14.3 Å². The number of hydrogen-bond acceptors (Lipinski definition) is 4. The quantitative estimate of drug-likeness (QED) is 0.841. The van der Waals surface area contributed by atoms with Gasteiger partial charge in [-0.1, -0.05) is 12.1 Å². The summed E-state index contributed by atoms with van der Waals surface area (Å²) in [5, 5.41) is 4.01. The third-order valence-electron chi connectivity index (χ3n) is 3.19. The molecule has 1 aromatic carbocycles. The third kappa shape index (κ3) is 3.16. The van der Waals surface area contributed by atoms with Crippen molar-refractivity contribution in [2.45, 2.75) is 6.54 Å². The predicted octanol–water partition coefficient (Wildman–Crippen LogP) is 1.71. The molecular weight excluding hydrogens is 270 g/mol. The number of nitrogens with zero attached hydrogens (tertiary/aromatic N) is 3. The summed E-state index contributed by atoms with van der Waals surface area (Å²) in [5.41, 5.74) is 1.44. The summed E-state index contributed by atoms with van der Waals surface area (Å²) in [6.07, 6.45) is 3.25. The molecule has 6 nitrogen and oxygen atoms in total. The Hall–Kier alpha value is -2.50. The number of benzene rings is 1. The number of carbonyl (C=O) groups is 1. The van der Waals surface area contributed by atoms with Crippen molar-refractivity contribution in [3.63, 3.8) is 0 Å². The number of carbonyl (C=O) groups excluding carboxylic acids is 1. The van der Waals surface area contributed by atoms with Crippen LogP contribution in [0.1, 0.15) is 15.9 Å². The Labute approximate surface area is 123 Å². The van der Waals surface area contributed by atoms with Gasteiger partial charge in [0.1, 0.15) is 0 Å². The molecule has 2 rings (SSSR count). The minimum atomic E-state index is -0.0898. The number of amides is 1. The second-order valence-corrected chi connectivity index (χ2v) is 4.72. The van der Waals surface area contributed by atoms with Gasteiger partial charge in [-0.3, -0.25) is 9.48 Å². The van der Waals surface area contributed by atoms with Crippen LogP contribution < -0.4 is 9.47 Å². The highest BCUT2D eigenvalue weighted by Crippen LogP contribution is 2.31. The Kier molecular flexibility index (Phi) is 4.47. The second kappa shape index (κ2) is 6.30. The van der Waals surface area contributed by atoms with Crippen LogP contribution in [0.2, 0.25) is 0 Å². The number of aryl methyl sites for hydroxylation is 1. The van der Waals surface area contributed by atoms with Crippen molar-refractivity contribution >= 4 is 5.91 Å². The SMILES string of the molecule is COc1cccc(CN(C)C(=O)c2cnn(C)c2)c1OC. The Balaban J connectivity index is 2.19. The summed E-state index contributed by atoms with van der Waals surface area (Å²) in [6, 6.07) is 5.61. The monoisotopic (exact) mass is 289 g/mol. The largest absolute Gasteiger partial charge is 0.493 e. The Morgan fingerprint density at radius 1 is 1.33 bits per heavy atom. The van der Waals surface area contributed by atoms with E-state index in [1.54, 1.807) is 50.3 Å². The first-order valence-electron chi connectivity index (χ1n) is 6.50. The molecule has 0 saturated carbocycles. The molecule has 0 aliphatic heterocycles. The third-order valence-corrected chi connectivity index (χ3v) is 3.19. The average molecular weight is 289 g/mol. The lowest BCUT2D eigenvalue weighted by molar-refractivity contribution is 0.0784. The Morgan fingerprint density at radius 2 is 2.10 bits per heavy atom. The molecule has 6 heteroatoms. The van der Waals surface area contributed by atoms with Crippen molar-refractivity contribution in [3.05, 3.63) is 41.7 Å². The molecule has 0 radical (unpaired) electrons. The van der Waals surface area contributed by atoms with Crippen LogP contribution in [-0.4, -0.2) is 41.9 Å². The first-order chi connectivity index (χ1) is 10.1. The Bertz CT molecular complexity index is 637. The molecule has 112 valence electrons. The van der Waals surface area contributed by atoms with E-state index in [1.165, 1.54) is 0 Å². The van der Waals surface area contributed by atoms with Gasteiger partial charge in [0, 0.05) is 32.4 Å². The number of hydrogen-bond donors (Lipinski definition) is 0. The molecule has 1 heterocycles. The molecule has 0 N–H and O–H groups in total. The second-order valence-electron chi connectivity index (χ2n) is 4.72. The molecule has 1 aromatic heterocycles. The molecule has 21 heavy (non-hydrogen) atoms. The molecule has 0 bridgehead atoms. The fourth-order valence-electron chi connectivity index (χ4n) is 2.16. The summed E-state index contributed by atoms with van der Waals surface area (Å²) in [4.78, 5) is 13.9. The Morgan fingerprint density at radius 3 is 2.67 bits per heavy atom. The smallest absolute Gasteiger partial charge is 0.257 e. The standard InChI is InChI=1S/C15H19N3O3/c1-17(15(19)12-8-16-18(2)10-12)9-11-6-5-7-13(20-3)14(11)21-4/h5-8,10H,9H2,1-4H3. The van der Waals surface area contributed by atoms with E-state index < -0.39 is 0 Å². The van der Waals surface area contributed by atoms with E-state index in [-0.39, 0.29) is 5.91 Å². The maximum Gasteiger partial charge on any atom is 0.257 e. The van der Waals surface area contributed by atoms with Crippen LogP contribution in [-0.2, 0) is 13.6 Å². The molecule has 0 fully saturated rings. The molecule has 0 aliphatic rings.